The Kier molecular flexibility index (Phi) is 13.2. The fourth-order valence-corrected chi connectivity index (χ4v) is 4.40. The Morgan fingerprint density at radius 1 is 1.08 bits per heavy atom. The second-order valence-electron chi connectivity index (χ2n) is 8.82. The van der Waals surface area contributed by atoms with E-state index in [-0.39, 0.29) is 0 Å². The normalized spacial score (nSPS) is 14.6. The van der Waals surface area contributed by atoms with E-state index in [4.69, 9.17) is 21.6 Å². The molecule has 5 rings (SSSR count). The van der Waals surface area contributed by atoms with Gasteiger partial charge in [-0.3, -0.25) is 4.98 Å². The van der Waals surface area contributed by atoms with Gasteiger partial charge in [0.1, 0.15) is 11.0 Å². The summed E-state index contributed by atoms with van der Waals surface area (Å²) >= 11 is 6.12. The molecule has 38 heavy (non-hydrogen) atoms. The number of piperazine rings is 1. The standard InChI is InChI=1S/C22H23ClN6.C5H10.2C2H6/c1-14(2)28-7-9-29(10-8-28)22-20-17(15-3-4-15)12-24-13-18(20)26-21(27-22)16-5-6-25-19(23)11-16;1-3-5-4-2;2*1-2/h5-6,11-13,15H,1,3-4,7-10H2,2H3;3,5H,4H2,1-2H3;2*1-2H3/b;5-3+;;. The summed E-state index contributed by atoms with van der Waals surface area (Å²) in [6.45, 7) is 22.0. The number of halogens is 1. The van der Waals surface area contributed by atoms with Gasteiger partial charge in [-0.2, -0.15) is 0 Å². The van der Waals surface area contributed by atoms with Gasteiger partial charge in [-0.25, -0.2) is 15.0 Å². The first-order valence-corrected chi connectivity index (χ1v) is 14.4. The van der Waals surface area contributed by atoms with Gasteiger partial charge in [0.15, 0.2) is 5.82 Å². The molecule has 2 aliphatic rings. The summed E-state index contributed by atoms with van der Waals surface area (Å²) in [5.74, 6) is 2.24. The molecule has 1 aliphatic heterocycles. The molecule has 3 aromatic heterocycles. The highest BCUT2D eigenvalue weighted by atomic mass is 35.5. The lowest BCUT2D eigenvalue weighted by Crippen LogP contribution is -2.45. The monoisotopic (exact) mass is 536 g/mol. The van der Waals surface area contributed by atoms with E-state index in [9.17, 15) is 0 Å². The quantitative estimate of drug-likeness (QED) is 0.241. The SMILES string of the molecule is C/C=C/CC.C=C(C)N1CCN(c2nc(-c3ccnc(Cl)c3)nc3cncc(C4CC4)c23)CC1.CC.CC. The van der Waals surface area contributed by atoms with Crippen molar-refractivity contribution < 1.29 is 0 Å². The summed E-state index contributed by atoms with van der Waals surface area (Å²) < 4.78 is 0. The zero-order valence-electron chi connectivity index (χ0n) is 24.3. The van der Waals surface area contributed by atoms with Crippen molar-refractivity contribution in [2.45, 2.75) is 73.6 Å². The van der Waals surface area contributed by atoms with Crippen LogP contribution in [0.15, 0.2) is 55.2 Å². The topological polar surface area (TPSA) is 58.0 Å². The van der Waals surface area contributed by atoms with Crippen molar-refractivity contribution >= 4 is 28.3 Å². The molecule has 6 nitrogen and oxygen atoms in total. The fourth-order valence-electron chi connectivity index (χ4n) is 4.23. The van der Waals surface area contributed by atoms with Crippen LogP contribution in [-0.4, -0.2) is 51.0 Å². The van der Waals surface area contributed by atoms with Crippen LogP contribution in [0.3, 0.4) is 0 Å². The lowest BCUT2D eigenvalue weighted by Gasteiger charge is -2.37. The molecule has 0 aromatic carbocycles. The highest BCUT2D eigenvalue weighted by molar-refractivity contribution is 6.29. The average molecular weight is 537 g/mol. The van der Waals surface area contributed by atoms with Crippen LogP contribution in [0.2, 0.25) is 5.15 Å². The first kappa shape index (κ1) is 31.2. The molecule has 4 heterocycles. The summed E-state index contributed by atoms with van der Waals surface area (Å²) in [5.41, 5.74) is 4.15. The number of fused-ring (bicyclic) bond motifs is 1. The minimum atomic E-state index is 0.438. The molecule has 7 heteroatoms. The summed E-state index contributed by atoms with van der Waals surface area (Å²) in [7, 11) is 0. The van der Waals surface area contributed by atoms with Gasteiger partial charge in [-0.15, -0.1) is 0 Å². The molecule has 206 valence electrons. The van der Waals surface area contributed by atoms with Crippen LogP contribution in [0.25, 0.3) is 22.3 Å². The predicted molar refractivity (Wildman–Crippen MR) is 164 cm³/mol. The molecule has 0 radical (unpaired) electrons. The number of anilines is 1. The molecule has 1 aliphatic carbocycles. The minimum Gasteiger partial charge on any atom is -0.372 e. The number of allylic oxidation sites excluding steroid dienone is 3. The molecule has 2 fully saturated rings. The Hall–Kier alpha value is -2.99. The molecular formula is C31H45ClN6. The molecule has 1 saturated heterocycles. The van der Waals surface area contributed by atoms with Crippen molar-refractivity contribution in [1.82, 2.24) is 24.8 Å². The summed E-state index contributed by atoms with van der Waals surface area (Å²) in [4.78, 5) is 23.1. The molecule has 0 unspecified atom stereocenters. The predicted octanol–water partition coefficient (Wildman–Crippen LogP) is 8.30. The molecule has 0 atom stereocenters. The van der Waals surface area contributed by atoms with Gasteiger partial charge < -0.3 is 9.80 Å². The number of hydrogen-bond donors (Lipinski definition) is 0. The maximum atomic E-state index is 6.12. The Morgan fingerprint density at radius 2 is 1.76 bits per heavy atom. The molecular weight excluding hydrogens is 492 g/mol. The maximum Gasteiger partial charge on any atom is 0.162 e. The fraction of sp³-hybridized carbons (Fsp3) is 0.484. The van der Waals surface area contributed by atoms with Crippen molar-refractivity contribution in [2.75, 3.05) is 31.1 Å². The van der Waals surface area contributed by atoms with Crippen LogP contribution in [0, 0.1) is 0 Å². The maximum absolute atomic E-state index is 6.12. The van der Waals surface area contributed by atoms with E-state index in [1.165, 1.54) is 18.4 Å². The van der Waals surface area contributed by atoms with Gasteiger partial charge in [-0.1, -0.05) is 65.0 Å². The number of aromatic nitrogens is 4. The van der Waals surface area contributed by atoms with E-state index in [1.54, 1.807) is 6.20 Å². The van der Waals surface area contributed by atoms with Gasteiger partial charge >= 0.3 is 0 Å². The Bertz CT molecular complexity index is 1180. The number of pyridine rings is 2. The number of hydrogen-bond acceptors (Lipinski definition) is 6. The van der Waals surface area contributed by atoms with Crippen LogP contribution in [0.4, 0.5) is 5.82 Å². The van der Waals surface area contributed by atoms with Crippen molar-refractivity contribution in [1.29, 1.82) is 0 Å². The third-order valence-corrected chi connectivity index (χ3v) is 6.42. The highest BCUT2D eigenvalue weighted by Gasteiger charge is 2.29. The third-order valence-electron chi connectivity index (χ3n) is 6.21. The van der Waals surface area contributed by atoms with Crippen LogP contribution in [0.1, 0.15) is 79.2 Å². The zero-order valence-corrected chi connectivity index (χ0v) is 25.1. The summed E-state index contributed by atoms with van der Waals surface area (Å²) in [6, 6.07) is 3.71. The second kappa shape index (κ2) is 16.1. The Balaban J connectivity index is 0.000000500. The van der Waals surface area contributed by atoms with Crippen LogP contribution >= 0.6 is 11.6 Å². The van der Waals surface area contributed by atoms with Gasteiger partial charge in [-0.05, 0) is 56.7 Å². The summed E-state index contributed by atoms with van der Waals surface area (Å²) in [6.07, 6.45) is 13.3. The lowest BCUT2D eigenvalue weighted by molar-refractivity contribution is 0.323. The van der Waals surface area contributed by atoms with Crippen molar-refractivity contribution in [3.05, 3.63) is 65.9 Å². The van der Waals surface area contributed by atoms with E-state index < -0.39 is 0 Å². The average Bonchev–Trinajstić information content (AvgIpc) is 3.81. The number of rotatable bonds is 5. The van der Waals surface area contributed by atoms with Crippen LogP contribution in [0.5, 0.6) is 0 Å². The van der Waals surface area contributed by atoms with Crippen molar-refractivity contribution in [3.63, 3.8) is 0 Å². The molecule has 3 aromatic rings. The zero-order chi connectivity index (χ0) is 28.1. The molecule has 0 N–H and O–H groups in total. The molecule has 0 amide bonds. The van der Waals surface area contributed by atoms with E-state index in [0.29, 0.717) is 16.9 Å². The first-order valence-electron chi connectivity index (χ1n) is 14.1. The first-order chi connectivity index (χ1) is 18.5. The molecule has 1 saturated carbocycles. The second-order valence-corrected chi connectivity index (χ2v) is 9.21. The Morgan fingerprint density at radius 3 is 2.29 bits per heavy atom. The summed E-state index contributed by atoms with van der Waals surface area (Å²) in [5, 5.41) is 1.59. The largest absolute Gasteiger partial charge is 0.372 e. The highest BCUT2D eigenvalue weighted by Crippen LogP contribution is 2.45. The van der Waals surface area contributed by atoms with Gasteiger partial charge in [0.25, 0.3) is 0 Å². The van der Waals surface area contributed by atoms with Gasteiger partial charge in [0.2, 0.25) is 0 Å². The molecule has 0 bridgehead atoms. The minimum absolute atomic E-state index is 0.438. The smallest absolute Gasteiger partial charge is 0.162 e. The van der Waals surface area contributed by atoms with Crippen molar-refractivity contribution in [2.24, 2.45) is 0 Å². The Labute approximate surface area is 234 Å². The third kappa shape index (κ3) is 8.26. The van der Waals surface area contributed by atoms with Gasteiger partial charge in [0.05, 0.1) is 11.7 Å². The van der Waals surface area contributed by atoms with Crippen LogP contribution in [-0.2, 0) is 0 Å². The van der Waals surface area contributed by atoms with Crippen LogP contribution < -0.4 is 4.90 Å². The van der Waals surface area contributed by atoms with Gasteiger partial charge in [0, 0.05) is 55.2 Å². The lowest BCUT2D eigenvalue weighted by atomic mass is 10.1. The van der Waals surface area contributed by atoms with E-state index in [2.05, 4.69) is 52.3 Å². The van der Waals surface area contributed by atoms with Crippen molar-refractivity contribution in [3.8, 4) is 11.4 Å². The molecule has 0 spiro atoms. The van der Waals surface area contributed by atoms with E-state index in [0.717, 1.165) is 60.6 Å². The van der Waals surface area contributed by atoms with E-state index in [1.807, 2.05) is 59.1 Å². The van der Waals surface area contributed by atoms with E-state index >= 15 is 0 Å². The number of nitrogens with zero attached hydrogens (tertiary/aromatic N) is 6.